The molecular weight excluding hydrogens is 242 g/mol. The molecule has 0 N–H and O–H groups in total. The zero-order valence-electron chi connectivity index (χ0n) is 10.9. The van der Waals surface area contributed by atoms with E-state index in [0.717, 1.165) is 6.42 Å². The Hall–Kier alpha value is -1.42. The molecule has 3 nitrogen and oxygen atoms in total. The van der Waals surface area contributed by atoms with E-state index in [-0.39, 0.29) is 5.92 Å². The van der Waals surface area contributed by atoms with Gasteiger partial charge in [0.05, 0.1) is 0 Å². The van der Waals surface area contributed by atoms with E-state index in [4.69, 9.17) is 12.2 Å². The summed E-state index contributed by atoms with van der Waals surface area (Å²) >= 11 is 4.89. The largest absolute Gasteiger partial charge is 0.241 e. The summed E-state index contributed by atoms with van der Waals surface area (Å²) in [5.74, 6) is 1.53. The Morgan fingerprint density at radius 1 is 1.06 bits per heavy atom. The molecule has 0 bridgehead atoms. The maximum Gasteiger partial charge on any atom is 0.241 e. The van der Waals surface area contributed by atoms with Gasteiger partial charge in [0.1, 0.15) is 0 Å². The van der Waals surface area contributed by atoms with Crippen LogP contribution in [0.2, 0.25) is 0 Å². The van der Waals surface area contributed by atoms with E-state index in [1.54, 1.807) is 0 Å². The summed E-state index contributed by atoms with van der Waals surface area (Å²) in [6.45, 7) is 6.53. The first-order valence-corrected chi connectivity index (χ1v) is 6.60. The number of aliphatic imine (C=N–C) groups is 1. The third kappa shape index (κ3) is 3.07. The lowest BCUT2D eigenvalue weighted by Gasteiger charge is -2.10. The van der Waals surface area contributed by atoms with Crippen LogP contribution in [0.3, 0.4) is 0 Å². The molecule has 1 heterocycles. The van der Waals surface area contributed by atoms with Gasteiger partial charge in [-0.3, -0.25) is 0 Å². The number of hydrogen-bond acceptors (Lipinski definition) is 2. The van der Waals surface area contributed by atoms with Crippen molar-refractivity contribution in [1.82, 2.24) is 0 Å². The minimum atomic E-state index is 0.141. The molecule has 1 aliphatic heterocycles. The van der Waals surface area contributed by atoms with Crippen LogP contribution in [0.15, 0.2) is 39.5 Å². The summed E-state index contributed by atoms with van der Waals surface area (Å²) in [4.78, 5) is 4.15. The van der Waals surface area contributed by atoms with Crippen LogP contribution in [0.5, 0.6) is 0 Å². The van der Waals surface area contributed by atoms with E-state index in [1.165, 1.54) is 11.1 Å². The molecule has 2 rings (SSSR count). The topological polar surface area (TPSA) is 37.1 Å². The van der Waals surface area contributed by atoms with E-state index in [1.807, 2.05) is 0 Å². The summed E-state index contributed by atoms with van der Waals surface area (Å²) in [5.41, 5.74) is 2.57. The first-order chi connectivity index (χ1) is 8.56. The van der Waals surface area contributed by atoms with Crippen molar-refractivity contribution in [2.24, 2.45) is 21.1 Å². The molecule has 18 heavy (non-hydrogen) atoms. The number of amidine groups is 1. The molecule has 94 valence electrons. The van der Waals surface area contributed by atoms with Gasteiger partial charge >= 0.3 is 0 Å². The molecule has 1 atom stereocenters. The smallest absolute Gasteiger partial charge is 0.199 e. The average molecular weight is 259 g/mol. The highest BCUT2D eigenvalue weighted by atomic mass is 32.1. The van der Waals surface area contributed by atoms with Gasteiger partial charge in [0.15, 0.2) is 5.84 Å². The third-order valence-electron chi connectivity index (χ3n) is 2.96. The molecule has 1 aromatic rings. The van der Waals surface area contributed by atoms with Crippen molar-refractivity contribution in [1.29, 1.82) is 0 Å². The number of nitrogens with zero attached hydrogens (tertiary/aromatic N) is 3. The van der Waals surface area contributed by atoms with Crippen molar-refractivity contribution in [3.05, 3.63) is 35.4 Å². The first-order valence-electron chi connectivity index (χ1n) is 6.19. The van der Waals surface area contributed by atoms with Gasteiger partial charge in [0.2, 0.25) is 5.11 Å². The standard InChI is InChI=1S/C14H17N3S/c1-9(2)8-11-4-6-12(7-5-11)10(3)13-15-14(18)17-16-13/h4-7,9-10H,8H2,1-3H3. The van der Waals surface area contributed by atoms with Crippen LogP contribution in [-0.4, -0.2) is 10.9 Å². The van der Waals surface area contributed by atoms with Crippen LogP contribution >= 0.6 is 12.2 Å². The van der Waals surface area contributed by atoms with Crippen molar-refractivity contribution < 1.29 is 0 Å². The fourth-order valence-electron chi connectivity index (χ4n) is 1.98. The van der Waals surface area contributed by atoms with Gasteiger partial charge in [-0.1, -0.05) is 45.0 Å². The van der Waals surface area contributed by atoms with E-state index >= 15 is 0 Å². The maximum absolute atomic E-state index is 4.89. The molecule has 1 aliphatic rings. The molecule has 0 fully saturated rings. The fraction of sp³-hybridized carbons (Fsp3) is 0.429. The second-order valence-electron chi connectivity index (χ2n) is 5.01. The van der Waals surface area contributed by atoms with Crippen molar-refractivity contribution in [3.63, 3.8) is 0 Å². The Morgan fingerprint density at radius 3 is 2.22 bits per heavy atom. The minimum absolute atomic E-state index is 0.141. The van der Waals surface area contributed by atoms with Gasteiger partial charge in [-0.25, -0.2) is 0 Å². The van der Waals surface area contributed by atoms with Crippen LogP contribution in [0.4, 0.5) is 0 Å². The van der Waals surface area contributed by atoms with Crippen LogP contribution in [0, 0.1) is 5.92 Å². The van der Waals surface area contributed by atoms with Gasteiger partial charge in [0, 0.05) is 5.92 Å². The molecule has 4 heteroatoms. The van der Waals surface area contributed by atoms with E-state index in [9.17, 15) is 0 Å². The van der Waals surface area contributed by atoms with Crippen molar-refractivity contribution in [2.75, 3.05) is 0 Å². The minimum Gasteiger partial charge on any atom is -0.199 e. The maximum atomic E-state index is 4.89. The lowest BCUT2D eigenvalue weighted by Crippen LogP contribution is -2.05. The van der Waals surface area contributed by atoms with Crippen LogP contribution in [-0.2, 0) is 6.42 Å². The molecule has 0 saturated carbocycles. The van der Waals surface area contributed by atoms with E-state index < -0.39 is 0 Å². The predicted molar refractivity (Wildman–Crippen MR) is 78.3 cm³/mol. The van der Waals surface area contributed by atoms with E-state index in [2.05, 4.69) is 60.3 Å². The Balaban J connectivity index is 2.12. The van der Waals surface area contributed by atoms with E-state index in [0.29, 0.717) is 16.9 Å². The summed E-state index contributed by atoms with van der Waals surface area (Å²) < 4.78 is 0. The first kappa shape index (κ1) is 13.0. The van der Waals surface area contributed by atoms with Gasteiger partial charge < -0.3 is 0 Å². The number of hydrogen-bond donors (Lipinski definition) is 0. The van der Waals surface area contributed by atoms with Crippen LogP contribution in [0.25, 0.3) is 0 Å². The van der Waals surface area contributed by atoms with Crippen molar-refractivity contribution in [3.8, 4) is 0 Å². The Kier molecular flexibility index (Phi) is 3.97. The second-order valence-corrected chi connectivity index (χ2v) is 5.38. The fourth-order valence-corrected chi connectivity index (χ4v) is 2.12. The summed E-state index contributed by atoms with van der Waals surface area (Å²) in [5, 5.41) is 8.10. The molecule has 0 amide bonds. The molecule has 1 aromatic carbocycles. The molecule has 0 spiro atoms. The highest BCUT2D eigenvalue weighted by molar-refractivity contribution is 7.80. The summed E-state index contributed by atoms with van der Waals surface area (Å²) in [6, 6.07) is 8.64. The second kappa shape index (κ2) is 5.48. The Labute approximate surface area is 113 Å². The highest BCUT2D eigenvalue weighted by Gasteiger charge is 2.17. The van der Waals surface area contributed by atoms with Gasteiger partial charge in [0.25, 0.3) is 0 Å². The lowest BCUT2D eigenvalue weighted by molar-refractivity contribution is 0.647. The Morgan fingerprint density at radius 2 is 1.72 bits per heavy atom. The highest BCUT2D eigenvalue weighted by Crippen LogP contribution is 2.21. The van der Waals surface area contributed by atoms with Crippen molar-refractivity contribution in [2.45, 2.75) is 33.1 Å². The van der Waals surface area contributed by atoms with Crippen molar-refractivity contribution >= 4 is 23.2 Å². The third-order valence-corrected chi connectivity index (χ3v) is 3.13. The normalized spacial score (nSPS) is 16.2. The number of thiocarbonyl (C=S) groups is 1. The zero-order chi connectivity index (χ0) is 13.1. The lowest BCUT2D eigenvalue weighted by atomic mass is 9.96. The quantitative estimate of drug-likeness (QED) is 0.749. The number of azo groups is 1. The summed E-state index contributed by atoms with van der Waals surface area (Å²) in [7, 11) is 0. The molecule has 0 radical (unpaired) electrons. The zero-order valence-corrected chi connectivity index (χ0v) is 11.7. The number of rotatable bonds is 4. The Bertz CT molecular complexity index is 500. The average Bonchev–Trinajstić information content (AvgIpc) is 2.75. The monoisotopic (exact) mass is 259 g/mol. The number of benzene rings is 1. The molecule has 0 aromatic heterocycles. The van der Waals surface area contributed by atoms with Crippen LogP contribution in [0.1, 0.15) is 37.8 Å². The molecule has 0 aliphatic carbocycles. The van der Waals surface area contributed by atoms with Gasteiger partial charge in [-0.2, -0.15) is 4.99 Å². The van der Waals surface area contributed by atoms with Crippen LogP contribution < -0.4 is 0 Å². The molecule has 0 saturated heterocycles. The molecule has 1 unspecified atom stereocenters. The van der Waals surface area contributed by atoms with Gasteiger partial charge in [-0.05, 0) is 35.7 Å². The molecular formula is C14H17N3S. The summed E-state index contributed by atoms with van der Waals surface area (Å²) in [6.07, 6.45) is 1.11. The SMILES string of the molecule is CC(C)Cc1ccc(C(C)C2=NC(=S)N=N2)cc1. The predicted octanol–water partition coefficient (Wildman–Crippen LogP) is 4.14. The van der Waals surface area contributed by atoms with Gasteiger partial charge in [-0.15, -0.1) is 10.2 Å².